The van der Waals surface area contributed by atoms with Crippen LogP contribution in [-0.4, -0.2) is 43.4 Å². The first-order chi connectivity index (χ1) is 15.3. The van der Waals surface area contributed by atoms with Crippen molar-refractivity contribution in [3.8, 4) is 0 Å². The Bertz CT molecular complexity index is 763. The molecule has 0 bridgehead atoms. The molecule has 0 radical (unpaired) electrons. The second-order valence-corrected chi connectivity index (χ2v) is 9.97. The third kappa shape index (κ3) is 3.90. The number of benzene rings is 1. The molecule has 1 aliphatic carbocycles. The van der Waals surface area contributed by atoms with Crippen LogP contribution in [0, 0.1) is 10.8 Å². The summed E-state index contributed by atoms with van der Waals surface area (Å²) >= 11 is 0. The van der Waals surface area contributed by atoms with E-state index in [1.54, 1.807) is 0 Å². The molecule has 0 aromatic heterocycles. The number of ether oxygens (including phenoxy) is 4. The van der Waals surface area contributed by atoms with Crippen molar-refractivity contribution < 1.29 is 18.9 Å². The summed E-state index contributed by atoms with van der Waals surface area (Å²) in [6, 6.07) is 10.5. The van der Waals surface area contributed by atoms with E-state index in [0.29, 0.717) is 13.2 Å². The van der Waals surface area contributed by atoms with Crippen LogP contribution in [0.2, 0.25) is 0 Å². The van der Waals surface area contributed by atoms with Gasteiger partial charge in [0.05, 0.1) is 37.6 Å². The zero-order valence-electron chi connectivity index (χ0n) is 20.5. The fourth-order valence-electron chi connectivity index (χ4n) is 5.72. The van der Waals surface area contributed by atoms with Crippen molar-refractivity contribution in [1.29, 1.82) is 0 Å². The van der Waals surface area contributed by atoms with Crippen molar-refractivity contribution in [3.05, 3.63) is 60.2 Å². The smallest absolute Gasteiger partial charge is 0.208 e. The van der Waals surface area contributed by atoms with Crippen LogP contribution in [0.25, 0.3) is 0 Å². The Morgan fingerprint density at radius 3 is 1.53 bits per heavy atom. The summed E-state index contributed by atoms with van der Waals surface area (Å²) in [5.74, 6) is -0.633. The van der Waals surface area contributed by atoms with Gasteiger partial charge < -0.3 is 18.9 Å². The maximum absolute atomic E-state index is 6.66. The van der Waals surface area contributed by atoms with Crippen molar-refractivity contribution in [2.24, 2.45) is 10.8 Å². The first kappa shape index (κ1) is 23.7. The fourth-order valence-corrected chi connectivity index (χ4v) is 5.72. The van der Waals surface area contributed by atoms with Crippen LogP contribution in [0.15, 0.2) is 54.6 Å². The van der Waals surface area contributed by atoms with E-state index in [-0.39, 0.29) is 41.2 Å². The zero-order valence-corrected chi connectivity index (χ0v) is 20.5. The highest BCUT2D eigenvalue weighted by Gasteiger charge is 2.54. The van der Waals surface area contributed by atoms with Gasteiger partial charge >= 0.3 is 0 Å². The molecule has 0 amide bonds. The molecule has 4 atom stereocenters. The number of rotatable bonds is 9. The number of hydrogen-bond donors (Lipinski definition) is 0. The lowest BCUT2D eigenvalue weighted by atomic mass is 9.71. The Balaban J connectivity index is 1.54. The summed E-state index contributed by atoms with van der Waals surface area (Å²) in [4.78, 5) is 0. The zero-order chi connectivity index (χ0) is 23.0. The monoisotopic (exact) mass is 440 g/mol. The van der Waals surface area contributed by atoms with Gasteiger partial charge in [-0.2, -0.15) is 0 Å². The fraction of sp³-hybridized carbons (Fsp3) is 0.643. The third-order valence-corrected chi connectivity index (χ3v) is 8.76. The molecule has 4 unspecified atom stereocenters. The third-order valence-electron chi connectivity index (χ3n) is 8.76. The minimum atomic E-state index is -0.861. The average Bonchev–Trinajstić information content (AvgIpc) is 2.81. The lowest BCUT2D eigenvalue weighted by molar-refractivity contribution is -0.306. The number of allylic oxidation sites excluding steroid dienone is 2. The van der Waals surface area contributed by atoms with Gasteiger partial charge in [0.15, 0.2) is 0 Å². The molecule has 4 nitrogen and oxygen atoms in total. The molecule has 2 saturated heterocycles. The molecule has 1 aromatic carbocycles. The van der Waals surface area contributed by atoms with Crippen LogP contribution < -0.4 is 0 Å². The van der Waals surface area contributed by atoms with Crippen molar-refractivity contribution in [3.63, 3.8) is 0 Å². The summed E-state index contributed by atoms with van der Waals surface area (Å²) in [6.07, 6.45) is 11.4. The molecule has 4 rings (SSSR count). The quantitative estimate of drug-likeness (QED) is 0.347. The molecule has 32 heavy (non-hydrogen) atoms. The van der Waals surface area contributed by atoms with E-state index in [1.807, 2.05) is 0 Å². The molecule has 2 fully saturated rings. The molecule has 0 saturated carbocycles. The van der Waals surface area contributed by atoms with Crippen LogP contribution in [-0.2, 0) is 18.9 Å². The molecule has 1 aromatic rings. The highest BCUT2D eigenvalue weighted by Crippen LogP contribution is 2.48. The minimum Gasteiger partial charge on any atom is -0.374 e. The predicted octanol–water partition coefficient (Wildman–Crippen LogP) is 6.03. The molecule has 0 N–H and O–H groups in total. The molecule has 3 aliphatic rings. The molecule has 2 aliphatic heterocycles. The first-order valence-corrected chi connectivity index (χ1v) is 12.3. The van der Waals surface area contributed by atoms with Gasteiger partial charge in [-0.15, -0.1) is 0 Å². The van der Waals surface area contributed by atoms with Gasteiger partial charge in [0.25, 0.3) is 0 Å². The van der Waals surface area contributed by atoms with Gasteiger partial charge in [-0.25, -0.2) is 0 Å². The Morgan fingerprint density at radius 1 is 0.719 bits per heavy atom. The molecule has 0 spiro atoms. The van der Waals surface area contributed by atoms with Gasteiger partial charge in [-0.05, 0) is 58.3 Å². The van der Waals surface area contributed by atoms with Crippen LogP contribution in [0.3, 0.4) is 0 Å². The summed E-state index contributed by atoms with van der Waals surface area (Å²) in [5.41, 5.74) is 1.32. The maximum atomic E-state index is 6.66. The van der Waals surface area contributed by atoms with E-state index < -0.39 is 5.79 Å². The second kappa shape index (κ2) is 9.06. The summed E-state index contributed by atoms with van der Waals surface area (Å²) < 4.78 is 25.1. The Kier molecular flexibility index (Phi) is 6.71. The lowest BCUT2D eigenvalue weighted by Crippen LogP contribution is -2.61. The number of hydrogen-bond acceptors (Lipinski definition) is 4. The van der Waals surface area contributed by atoms with Crippen molar-refractivity contribution in [2.45, 2.75) is 90.5 Å². The van der Waals surface area contributed by atoms with Crippen LogP contribution in [0.4, 0.5) is 0 Å². The summed E-state index contributed by atoms with van der Waals surface area (Å²) in [7, 11) is 0. The summed E-state index contributed by atoms with van der Waals surface area (Å²) in [6.45, 7) is 14.3. The van der Waals surface area contributed by atoms with Gasteiger partial charge in [0.2, 0.25) is 5.79 Å². The highest BCUT2D eigenvalue weighted by molar-refractivity contribution is 5.34. The van der Waals surface area contributed by atoms with Crippen LogP contribution in [0.5, 0.6) is 0 Å². The van der Waals surface area contributed by atoms with Gasteiger partial charge in [-0.3, -0.25) is 0 Å². The predicted molar refractivity (Wildman–Crippen MR) is 128 cm³/mol. The largest absolute Gasteiger partial charge is 0.374 e. The Morgan fingerprint density at radius 2 is 1.16 bits per heavy atom. The second-order valence-electron chi connectivity index (χ2n) is 9.97. The van der Waals surface area contributed by atoms with E-state index in [9.17, 15) is 0 Å². The van der Waals surface area contributed by atoms with Gasteiger partial charge in [-0.1, -0.05) is 56.3 Å². The molecule has 176 valence electrons. The van der Waals surface area contributed by atoms with E-state index in [1.165, 1.54) is 5.56 Å². The topological polar surface area (TPSA) is 36.9 Å². The summed E-state index contributed by atoms with van der Waals surface area (Å²) in [5, 5.41) is 0. The Labute approximate surface area is 194 Å². The van der Waals surface area contributed by atoms with Crippen LogP contribution in [0.1, 0.15) is 65.9 Å². The van der Waals surface area contributed by atoms with E-state index in [0.717, 1.165) is 12.8 Å². The molecular weight excluding hydrogens is 400 g/mol. The van der Waals surface area contributed by atoms with E-state index >= 15 is 0 Å². The first-order valence-electron chi connectivity index (χ1n) is 12.3. The molecule has 4 heteroatoms. The minimum absolute atomic E-state index is 0.0247. The van der Waals surface area contributed by atoms with E-state index in [2.05, 4.69) is 96.2 Å². The molecular formula is C28H40O4. The van der Waals surface area contributed by atoms with Gasteiger partial charge in [0, 0.05) is 16.7 Å². The Hall–Kier alpha value is -1.46. The highest BCUT2D eigenvalue weighted by atomic mass is 16.7. The van der Waals surface area contributed by atoms with Crippen LogP contribution >= 0.6 is 0 Å². The molecule has 2 heterocycles. The van der Waals surface area contributed by atoms with E-state index in [4.69, 9.17) is 18.9 Å². The normalized spacial score (nSPS) is 43.0. The SMILES string of the molecule is CCC1(COC2(OCC3(CC)C(C)OC3C)C=CC(c3ccccc3)C=C2)C(C)OC1C. The average molecular weight is 441 g/mol. The standard InChI is InChI=1S/C28H40O4/c1-7-26(20(3)31-21(26)4)18-29-28(30-19-27(8-2)22(5)32-23(27)6)16-14-25(15-17-28)24-12-10-9-11-13-24/h9-17,20-23,25H,7-8,18-19H2,1-6H3. The van der Waals surface area contributed by atoms with Crippen molar-refractivity contribution in [2.75, 3.05) is 13.2 Å². The maximum Gasteiger partial charge on any atom is 0.208 e. The van der Waals surface area contributed by atoms with Crippen molar-refractivity contribution in [1.82, 2.24) is 0 Å². The van der Waals surface area contributed by atoms with Crippen molar-refractivity contribution >= 4 is 0 Å². The van der Waals surface area contributed by atoms with Gasteiger partial charge in [0.1, 0.15) is 0 Å². The lowest BCUT2D eigenvalue weighted by Gasteiger charge is -2.55.